The Hall–Kier alpha value is -1.63. The molecule has 0 aliphatic carbocycles. The molecule has 2 aliphatic heterocycles. The van der Waals surface area contributed by atoms with Crippen molar-refractivity contribution in [2.45, 2.75) is 52.7 Å². The topological polar surface area (TPSA) is 80.2 Å². The minimum atomic E-state index is -0.513. The van der Waals surface area contributed by atoms with Crippen LogP contribution in [0.1, 0.15) is 40.5 Å². The molecule has 1 fully saturated rings. The summed E-state index contributed by atoms with van der Waals surface area (Å²) < 4.78 is 5.07. The van der Waals surface area contributed by atoms with Crippen LogP contribution in [0.3, 0.4) is 0 Å². The van der Waals surface area contributed by atoms with Crippen LogP contribution in [0.4, 0.5) is 0 Å². The number of carbonyl (C=O) groups excluding carboxylic acids is 2. The third-order valence-electron chi connectivity index (χ3n) is 4.89. The Bertz CT molecular complexity index is 520. The molecule has 2 amide bonds. The predicted octanol–water partition coefficient (Wildman–Crippen LogP) is 1.42. The molecule has 2 aliphatic rings. The summed E-state index contributed by atoms with van der Waals surface area (Å²) in [5.74, 6) is 0.667. The number of carbonyl (C=O) groups is 2. The molecule has 1 N–H and O–H groups in total. The molecule has 2 rings (SSSR count). The smallest absolute Gasteiger partial charge is 0.266 e. The van der Waals surface area contributed by atoms with E-state index in [4.69, 9.17) is 9.57 Å². The number of likely N-dealkylation sites (tertiary alicyclic amines) is 1. The number of hydrogen-bond donors (Lipinski definition) is 1. The fourth-order valence-corrected chi connectivity index (χ4v) is 3.33. The molecule has 0 aromatic heterocycles. The minimum Gasteiger partial charge on any atom is -0.384 e. The first kappa shape index (κ1) is 19.7. The van der Waals surface area contributed by atoms with Crippen molar-refractivity contribution in [3.05, 3.63) is 0 Å². The van der Waals surface area contributed by atoms with Crippen LogP contribution in [-0.2, 0) is 19.2 Å². The molecule has 2 heterocycles. The summed E-state index contributed by atoms with van der Waals surface area (Å²) in [4.78, 5) is 31.9. The van der Waals surface area contributed by atoms with Gasteiger partial charge in [0.2, 0.25) is 12.0 Å². The lowest BCUT2D eigenvalue weighted by Crippen LogP contribution is -2.42. The molecule has 7 heteroatoms. The number of ether oxygens (including phenoxy) is 1. The van der Waals surface area contributed by atoms with E-state index in [9.17, 15) is 9.59 Å². The highest BCUT2D eigenvalue weighted by atomic mass is 16.6. The Morgan fingerprint density at radius 3 is 2.68 bits per heavy atom. The monoisotopic (exact) mass is 353 g/mol. The lowest BCUT2D eigenvalue weighted by Gasteiger charge is -2.20. The van der Waals surface area contributed by atoms with Crippen LogP contribution in [0.2, 0.25) is 0 Å². The minimum absolute atomic E-state index is 0.0123. The standard InChI is InChI=1S/C18H31N3O4/c1-11(2)14-7-16(25-20-14)18(23)21-8-13(4)15(9-21)19-17(22)6-12(3)10-24-5/h11-13,15-16H,6-10H2,1-5H3,(H,19,22)/t12?,13-,15+,16?/m1/s1. The zero-order valence-electron chi connectivity index (χ0n) is 15.9. The molecule has 25 heavy (non-hydrogen) atoms. The van der Waals surface area contributed by atoms with Crippen molar-refractivity contribution >= 4 is 17.5 Å². The van der Waals surface area contributed by atoms with Gasteiger partial charge in [0.1, 0.15) is 0 Å². The Kier molecular flexibility index (Phi) is 6.81. The molecule has 0 radical (unpaired) electrons. The second-order valence-corrected chi connectivity index (χ2v) is 7.69. The Labute approximate surface area is 150 Å². The molecule has 2 unspecified atom stereocenters. The van der Waals surface area contributed by atoms with Crippen LogP contribution in [0, 0.1) is 17.8 Å². The van der Waals surface area contributed by atoms with Crippen LogP contribution >= 0.6 is 0 Å². The molecule has 1 saturated heterocycles. The quantitative estimate of drug-likeness (QED) is 0.751. The number of amides is 2. The molecular weight excluding hydrogens is 322 g/mol. The highest BCUT2D eigenvalue weighted by Gasteiger charge is 2.39. The third-order valence-corrected chi connectivity index (χ3v) is 4.89. The van der Waals surface area contributed by atoms with Crippen LogP contribution in [0.25, 0.3) is 0 Å². The van der Waals surface area contributed by atoms with E-state index in [0.29, 0.717) is 32.5 Å². The average molecular weight is 353 g/mol. The van der Waals surface area contributed by atoms with E-state index in [2.05, 4.69) is 17.4 Å². The van der Waals surface area contributed by atoms with Crippen molar-refractivity contribution < 1.29 is 19.2 Å². The van der Waals surface area contributed by atoms with E-state index < -0.39 is 6.10 Å². The van der Waals surface area contributed by atoms with E-state index in [1.54, 1.807) is 12.0 Å². The van der Waals surface area contributed by atoms with Crippen molar-refractivity contribution in [3.63, 3.8) is 0 Å². The molecule has 7 nitrogen and oxygen atoms in total. The largest absolute Gasteiger partial charge is 0.384 e. The van der Waals surface area contributed by atoms with Gasteiger partial charge in [0.25, 0.3) is 5.91 Å². The normalized spacial score (nSPS) is 27.2. The van der Waals surface area contributed by atoms with Gasteiger partial charge in [-0.2, -0.15) is 0 Å². The van der Waals surface area contributed by atoms with Crippen molar-refractivity contribution in [3.8, 4) is 0 Å². The maximum atomic E-state index is 12.7. The van der Waals surface area contributed by atoms with Gasteiger partial charge >= 0.3 is 0 Å². The summed E-state index contributed by atoms with van der Waals surface area (Å²) >= 11 is 0. The molecule has 0 saturated carbocycles. The fraction of sp³-hybridized carbons (Fsp3) is 0.833. The van der Waals surface area contributed by atoms with Gasteiger partial charge in [-0.15, -0.1) is 0 Å². The maximum absolute atomic E-state index is 12.7. The van der Waals surface area contributed by atoms with Gasteiger partial charge in [0.15, 0.2) is 0 Å². The first-order valence-electron chi connectivity index (χ1n) is 9.11. The zero-order chi connectivity index (χ0) is 18.6. The van der Waals surface area contributed by atoms with E-state index in [0.717, 1.165) is 5.71 Å². The highest BCUT2D eigenvalue weighted by molar-refractivity contribution is 5.94. The molecule has 142 valence electrons. The lowest BCUT2D eigenvalue weighted by atomic mass is 10.0. The lowest BCUT2D eigenvalue weighted by molar-refractivity contribution is -0.141. The summed E-state index contributed by atoms with van der Waals surface area (Å²) in [6.07, 6.45) is 0.482. The molecule has 0 aromatic carbocycles. The van der Waals surface area contributed by atoms with Gasteiger partial charge in [0.05, 0.1) is 11.8 Å². The number of oxime groups is 1. The SMILES string of the molecule is COCC(C)CC(=O)N[C@H]1CN(C(=O)C2CC(C(C)C)=NO2)C[C@H]1C. The Balaban J connectivity index is 1.82. The van der Waals surface area contributed by atoms with Gasteiger partial charge in [-0.3, -0.25) is 9.59 Å². The molecular formula is C18H31N3O4. The fourth-order valence-electron chi connectivity index (χ4n) is 3.33. The van der Waals surface area contributed by atoms with Crippen LogP contribution < -0.4 is 5.32 Å². The number of hydrogen-bond acceptors (Lipinski definition) is 5. The third kappa shape index (κ3) is 5.17. The van der Waals surface area contributed by atoms with Gasteiger partial charge in [0, 0.05) is 39.6 Å². The summed E-state index contributed by atoms with van der Waals surface area (Å²) in [6, 6.07) is -0.0157. The van der Waals surface area contributed by atoms with Crippen LogP contribution in [0.5, 0.6) is 0 Å². The average Bonchev–Trinajstić information content (AvgIpc) is 3.14. The van der Waals surface area contributed by atoms with E-state index in [-0.39, 0.29) is 35.6 Å². The summed E-state index contributed by atoms with van der Waals surface area (Å²) in [6.45, 7) is 9.86. The molecule has 0 aromatic rings. The van der Waals surface area contributed by atoms with Gasteiger partial charge in [-0.25, -0.2) is 0 Å². The Morgan fingerprint density at radius 1 is 1.36 bits per heavy atom. The number of nitrogens with zero attached hydrogens (tertiary/aromatic N) is 2. The van der Waals surface area contributed by atoms with Crippen LogP contribution in [-0.4, -0.2) is 61.4 Å². The first-order valence-corrected chi connectivity index (χ1v) is 9.11. The maximum Gasteiger partial charge on any atom is 0.266 e. The number of methoxy groups -OCH3 is 1. The summed E-state index contributed by atoms with van der Waals surface area (Å²) in [5.41, 5.74) is 0.933. The van der Waals surface area contributed by atoms with Crippen molar-refractivity contribution in [1.29, 1.82) is 0 Å². The van der Waals surface area contributed by atoms with Crippen molar-refractivity contribution in [2.24, 2.45) is 22.9 Å². The number of rotatable bonds is 7. The second kappa shape index (κ2) is 8.65. The van der Waals surface area contributed by atoms with E-state index >= 15 is 0 Å². The van der Waals surface area contributed by atoms with Gasteiger partial charge in [-0.05, 0) is 17.8 Å². The number of nitrogens with one attached hydrogen (secondary N) is 1. The Morgan fingerprint density at radius 2 is 2.08 bits per heavy atom. The summed E-state index contributed by atoms with van der Waals surface area (Å²) in [5, 5.41) is 7.10. The van der Waals surface area contributed by atoms with Crippen molar-refractivity contribution in [1.82, 2.24) is 10.2 Å². The predicted molar refractivity (Wildman–Crippen MR) is 95.1 cm³/mol. The molecule has 0 bridgehead atoms. The van der Waals surface area contributed by atoms with Crippen molar-refractivity contribution in [2.75, 3.05) is 26.8 Å². The van der Waals surface area contributed by atoms with Gasteiger partial charge in [-0.1, -0.05) is 32.9 Å². The zero-order valence-corrected chi connectivity index (χ0v) is 15.9. The van der Waals surface area contributed by atoms with Crippen LogP contribution in [0.15, 0.2) is 5.16 Å². The molecule has 4 atom stereocenters. The first-order chi connectivity index (χ1) is 11.8. The summed E-state index contributed by atoms with van der Waals surface area (Å²) in [7, 11) is 1.64. The van der Waals surface area contributed by atoms with Gasteiger partial charge < -0.3 is 19.8 Å². The second-order valence-electron chi connectivity index (χ2n) is 7.69. The molecule has 0 spiro atoms. The highest BCUT2D eigenvalue weighted by Crippen LogP contribution is 2.23. The van der Waals surface area contributed by atoms with E-state index in [1.165, 1.54) is 0 Å². The van der Waals surface area contributed by atoms with E-state index in [1.807, 2.05) is 20.8 Å².